The Morgan fingerprint density at radius 2 is 1.85 bits per heavy atom. The third kappa shape index (κ3) is 3.89. The molecule has 1 heterocycles. The van der Waals surface area contributed by atoms with Gasteiger partial charge in [0.2, 0.25) is 0 Å². The fourth-order valence-electron chi connectivity index (χ4n) is 2.70. The molecule has 0 bridgehead atoms. The Morgan fingerprint density at radius 3 is 2.35 bits per heavy atom. The average Bonchev–Trinajstić information content (AvgIpc) is 2.38. The molecular formula is C14H26N6. The van der Waals surface area contributed by atoms with E-state index in [1.165, 1.54) is 0 Å². The van der Waals surface area contributed by atoms with Crippen LogP contribution in [0.4, 0.5) is 5.82 Å². The first-order valence-electron chi connectivity index (χ1n) is 7.19. The minimum atomic E-state index is -1.40. The number of nitrogens with two attached hydrogens (primary N) is 4. The van der Waals surface area contributed by atoms with Crippen LogP contribution in [0.5, 0.6) is 0 Å². The van der Waals surface area contributed by atoms with Crippen LogP contribution >= 0.6 is 0 Å². The molecular weight excluding hydrogens is 252 g/mol. The van der Waals surface area contributed by atoms with Gasteiger partial charge in [0, 0.05) is 18.8 Å². The smallest absolute Gasteiger partial charge is 0.198 e. The van der Waals surface area contributed by atoms with Gasteiger partial charge in [-0.3, -0.25) is 17.2 Å². The third-order valence-electron chi connectivity index (χ3n) is 3.97. The van der Waals surface area contributed by atoms with E-state index in [4.69, 9.17) is 22.9 Å². The van der Waals surface area contributed by atoms with Crippen molar-refractivity contribution in [2.45, 2.75) is 44.6 Å². The highest BCUT2D eigenvalue weighted by molar-refractivity contribution is 5.41. The molecule has 1 aliphatic carbocycles. The van der Waals surface area contributed by atoms with Gasteiger partial charge in [0.15, 0.2) is 5.91 Å². The Bertz CT molecular complexity index is 416. The maximum Gasteiger partial charge on any atom is 0.198 e. The zero-order chi connectivity index (χ0) is 14.8. The lowest BCUT2D eigenvalue weighted by atomic mass is 9.86. The zero-order valence-corrected chi connectivity index (χ0v) is 12.1. The van der Waals surface area contributed by atoms with E-state index in [2.05, 4.69) is 4.98 Å². The van der Waals surface area contributed by atoms with Crippen LogP contribution in [0.15, 0.2) is 18.3 Å². The highest BCUT2D eigenvalue weighted by atomic mass is 15.5. The lowest BCUT2D eigenvalue weighted by Gasteiger charge is -2.39. The van der Waals surface area contributed by atoms with Gasteiger partial charge < -0.3 is 10.6 Å². The van der Waals surface area contributed by atoms with Crippen molar-refractivity contribution in [3.63, 3.8) is 0 Å². The van der Waals surface area contributed by atoms with Crippen LogP contribution < -0.4 is 27.8 Å². The van der Waals surface area contributed by atoms with Crippen molar-refractivity contribution >= 4 is 5.82 Å². The first-order valence-corrected chi connectivity index (χ1v) is 7.19. The number of nitrogens with zero attached hydrogens (tertiary/aromatic N) is 2. The molecule has 0 unspecified atom stereocenters. The second-order valence-electron chi connectivity index (χ2n) is 5.97. The van der Waals surface area contributed by atoms with Crippen molar-refractivity contribution < 1.29 is 0 Å². The molecule has 2 rings (SSSR count). The highest BCUT2D eigenvalue weighted by Crippen LogP contribution is 2.26. The van der Waals surface area contributed by atoms with Gasteiger partial charge in [0.05, 0.1) is 0 Å². The van der Waals surface area contributed by atoms with Crippen LogP contribution in [-0.4, -0.2) is 23.5 Å². The molecule has 0 saturated heterocycles. The number of rotatable bonds is 4. The molecule has 6 nitrogen and oxygen atoms in total. The van der Waals surface area contributed by atoms with Crippen LogP contribution in [0.2, 0.25) is 0 Å². The first-order chi connectivity index (χ1) is 9.36. The van der Waals surface area contributed by atoms with Gasteiger partial charge in [-0.05, 0) is 50.2 Å². The molecule has 0 aliphatic heterocycles. The summed E-state index contributed by atoms with van der Waals surface area (Å²) < 4.78 is 0. The molecule has 0 atom stereocenters. The third-order valence-corrected chi connectivity index (χ3v) is 3.97. The number of aryl methyl sites for hydroxylation is 1. The van der Waals surface area contributed by atoms with Crippen LogP contribution in [0.1, 0.15) is 31.2 Å². The van der Waals surface area contributed by atoms with Crippen LogP contribution in [0.25, 0.3) is 0 Å². The molecule has 6 heteroatoms. The van der Waals surface area contributed by atoms with Crippen molar-refractivity contribution in [2.75, 3.05) is 11.4 Å². The van der Waals surface area contributed by atoms with Crippen molar-refractivity contribution in [3.8, 4) is 0 Å². The van der Waals surface area contributed by atoms with E-state index >= 15 is 0 Å². The zero-order valence-electron chi connectivity index (χ0n) is 12.1. The summed E-state index contributed by atoms with van der Waals surface area (Å²) in [4.78, 5) is 6.17. The minimum Gasteiger partial charge on any atom is -0.328 e. The maximum atomic E-state index is 5.94. The average molecular weight is 278 g/mol. The number of hydrogen-bond acceptors (Lipinski definition) is 6. The Balaban J connectivity index is 2.10. The summed E-state index contributed by atoms with van der Waals surface area (Å²) in [5.74, 6) is -0.173. The van der Waals surface area contributed by atoms with E-state index in [0.29, 0.717) is 18.5 Å². The summed E-state index contributed by atoms with van der Waals surface area (Å²) in [5.41, 5.74) is 24.8. The number of pyridine rings is 1. The molecule has 1 fully saturated rings. The molecule has 0 radical (unpaired) electrons. The van der Waals surface area contributed by atoms with Crippen molar-refractivity contribution in [3.05, 3.63) is 23.9 Å². The summed E-state index contributed by atoms with van der Waals surface area (Å²) >= 11 is 0. The SMILES string of the molecule is Cc1ccc(N(CC2CCC(N)CC2)C(N)(N)N)nc1. The fourth-order valence-corrected chi connectivity index (χ4v) is 2.70. The Morgan fingerprint density at radius 1 is 1.20 bits per heavy atom. The topological polar surface area (TPSA) is 120 Å². The Kier molecular flexibility index (Phi) is 4.59. The van der Waals surface area contributed by atoms with Crippen LogP contribution in [-0.2, 0) is 0 Å². The van der Waals surface area contributed by atoms with Gasteiger partial charge in [-0.1, -0.05) is 6.07 Å². The number of hydrogen-bond donors (Lipinski definition) is 4. The summed E-state index contributed by atoms with van der Waals surface area (Å²) in [6, 6.07) is 4.22. The molecule has 8 N–H and O–H groups in total. The lowest BCUT2D eigenvalue weighted by Crippen LogP contribution is -2.71. The summed E-state index contributed by atoms with van der Waals surface area (Å²) in [6.45, 7) is 2.70. The molecule has 1 saturated carbocycles. The molecule has 1 aliphatic rings. The highest BCUT2D eigenvalue weighted by Gasteiger charge is 2.29. The largest absolute Gasteiger partial charge is 0.328 e. The monoisotopic (exact) mass is 278 g/mol. The maximum absolute atomic E-state index is 5.94. The van der Waals surface area contributed by atoms with Gasteiger partial charge in [-0.25, -0.2) is 4.98 Å². The second kappa shape index (κ2) is 6.05. The predicted molar refractivity (Wildman–Crippen MR) is 81.5 cm³/mol. The fraction of sp³-hybridized carbons (Fsp3) is 0.643. The molecule has 20 heavy (non-hydrogen) atoms. The molecule has 1 aromatic heterocycles. The summed E-state index contributed by atoms with van der Waals surface area (Å²) in [5, 5.41) is 0. The molecule has 0 amide bonds. The van der Waals surface area contributed by atoms with Crippen molar-refractivity contribution in [2.24, 2.45) is 28.9 Å². The predicted octanol–water partition coefficient (Wildman–Crippen LogP) is 0.201. The standard InChI is InChI=1S/C14H26N6/c1-10-2-7-13(19-8-10)20(14(16,17)18)9-11-3-5-12(15)6-4-11/h2,7-8,11-12H,3-6,9,15-18H2,1H3. The van der Waals surface area contributed by atoms with Gasteiger partial charge in [-0.15, -0.1) is 0 Å². The van der Waals surface area contributed by atoms with E-state index < -0.39 is 5.91 Å². The van der Waals surface area contributed by atoms with Gasteiger partial charge in [-0.2, -0.15) is 0 Å². The normalized spacial score (nSPS) is 23.6. The quantitative estimate of drug-likeness (QED) is 0.584. The van der Waals surface area contributed by atoms with Crippen LogP contribution in [0, 0.1) is 12.8 Å². The van der Waals surface area contributed by atoms with Crippen molar-refractivity contribution in [1.29, 1.82) is 0 Å². The van der Waals surface area contributed by atoms with E-state index in [-0.39, 0.29) is 0 Å². The van der Waals surface area contributed by atoms with Crippen LogP contribution in [0.3, 0.4) is 0 Å². The van der Waals surface area contributed by atoms with E-state index in [9.17, 15) is 0 Å². The first kappa shape index (κ1) is 15.2. The molecule has 1 aromatic rings. The molecule has 112 valence electrons. The van der Waals surface area contributed by atoms with Gasteiger partial charge >= 0.3 is 0 Å². The van der Waals surface area contributed by atoms with E-state index in [0.717, 1.165) is 37.1 Å². The van der Waals surface area contributed by atoms with E-state index in [1.807, 2.05) is 19.1 Å². The lowest BCUT2D eigenvalue weighted by molar-refractivity contribution is 0.300. The number of aromatic nitrogens is 1. The Hall–Kier alpha value is -1.21. The molecule has 0 spiro atoms. The minimum absolute atomic E-state index is 0.329. The summed E-state index contributed by atoms with van der Waals surface area (Å²) in [6.07, 6.45) is 6.06. The van der Waals surface area contributed by atoms with Gasteiger partial charge in [0.25, 0.3) is 0 Å². The van der Waals surface area contributed by atoms with Gasteiger partial charge in [0.1, 0.15) is 5.82 Å². The second-order valence-corrected chi connectivity index (χ2v) is 5.97. The van der Waals surface area contributed by atoms with Crippen molar-refractivity contribution in [1.82, 2.24) is 4.98 Å². The summed E-state index contributed by atoms with van der Waals surface area (Å²) in [7, 11) is 0. The molecule has 0 aromatic carbocycles. The number of anilines is 1. The van der Waals surface area contributed by atoms with E-state index in [1.54, 1.807) is 11.1 Å². The Labute approximate surface area is 120 Å².